The van der Waals surface area contributed by atoms with Crippen LogP contribution in [0.25, 0.3) is 33.5 Å². The number of aromatic nitrogens is 12. The highest BCUT2D eigenvalue weighted by molar-refractivity contribution is 6.33. The van der Waals surface area contributed by atoms with Gasteiger partial charge in [0.2, 0.25) is 17.8 Å². The van der Waals surface area contributed by atoms with E-state index in [1.807, 2.05) is 41.5 Å². The molecule has 12 heterocycles. The van der Waals surface area contributed by atoms with E-state index in [0.717, 1.165) is 234 Å². The molecule has 6 aromatic heterocycles. The van der Waals surface area contributed by atoms with Crippen LogP contribution in [0.5, 0.6) is 0 Å². The number of anilines is 7. The normalized spacial score (nSPS) is 18.9. The molecule has 18 rings (SSSR count). The number of aryl methyl sites for hydroxylation is 3. The van der Waals surface area contributed by atoms with Crippen LogP contribution in [0.15, 0.2) is 91.8 Å². The molecule has 0 bridgehead atoms. The van der Waals surface area contributed by atoms with Gasteiger partial charge in [0.15, 0.2) is 44.8 Å². The molecule has 9 aliphatic rings. The summed E-state index contributed by atoms with van der Waals surface area (Å²) in [6, 6.07) is 24.4. The number of benzene rings is 3. The van der Waals surface area contributed by atoms with E-state index >= 15 is 0 Å². The van der Waals surface area contributed by atoms with Gasteiger partial charge in [-0.25, -0.2) is 19.3 Å². The number of halogens is 2. The lowest BCUT2D eigenvalue weighted by atomic mass is 10.2. The molecule has 0 unspecified atom stereocenters. The fourth-order valence-electron chi connectivity index (χ4n) is 20.1. The summed E-state index contributed by atoms with van der Waals surface area (Å²) in [5, 5.41) is 7.28. The number of fused-ring (bicyclic) bond motifs is 3. The molecule has 131 heavy (non-hydrogen) atoms. The highest BCUT2D eigenvalue weighted by Gasteiger charge is 2.32. The molecule has 33 heteroatoms. The monoisotopic (exact) mass is 1820 g/mol. The fourth-order valence-corrected chi connectivity index (χ4v) is 20.4. The van der Waals surface area contributed by atoms with Gasteiger partial charge in [-0.05, 0) is 191 Å². The molecule has 716 valence electrons. The first-order chi connectivity index (χ1) is 64.1. The minimum Gasteiger partial charge on any atom is -0.372 e. The number of likely N-dealkylation sites (N-methyl/N-ethyl adjacent to an activating group) is 3. The first kappa shape index (κ1) is 99.5. The van der Waals surface area contributed by atoms with Gasteiger partial charge in [-0.3, -0.25) is 24.3 Å². The number of nitrogens with zero attached hydrogens (tertiary/aromatic N) is 25. The quantitative estimate of drug-likeness (QED) is 0.0232. The number of aldehydes is 2. The number of hydrogen-bond donors (Lipinski definition) is 4. The lowest BCUT2D eigenvalue weighted by Crippen LogP contribution is -2.50. The Balaban J connectivity index is 0.000000146. The predicted molar refractivity (Wildman–Crippen MR) is 533 cm³/mol. The molecule has 9 aromatic rings. The second-order valence-electron chi connectivity index (χ2n) is 36.3. The van der Waals surface area contributed by atoms with Crippen molar-refractivity contribution in [1.29, 1.82) is 0 Å². The van der Waals surface area contributed by atoms with Crippen LogP contribution in [0.1, 0.15) is 171 Å². The largest absolute Gasteiger partial charge is 0.372 e. The van der Waals surface area contributed by atoms with Gasteiger partial charge < -0.3 is 84.8 Å². The van der Waals surface area contributed by atoms with E-state index in [4.69, 9.17) is 43.0 Å². The summed E-state index contributed by atoms with van der Waals surface area (Å²) < 4.78 is 18.5. The molecule has 3 aromatic carbocycles. The molecule has 31 nitrogen and oxygen atoms in total. The highest BCUT2D eigenvalue weighted by Crippen LogP contribution is 2.33. The molecule has 6 saturated heterocycles. The van der Waals surface area contributed by atoms with Crippen molar-refractivity contribution >= 4 is 98.5 Å². The molecule has 0 amide bonds. The van der Waals surface area contributed by atoms with Gasteiger partial charge in [-0.2, -0.15) is 29.9 Å². The molecule has 6 N–H and O–H groups in total. The number of hydrogen-bond acceptors (Lipinski definition) is 28. The van der Waals surface area contributed by atoms with Crippen molar-refractivity contribution in [2.75, 3.05) is 259 Å². The van der Waals surface area contributed by atoms with E-state index in [9.17, 15) is 14.0 Å². The van der Waals surface area contributed by atoms with Crippen molar-refractivity contribution in [2.24, 2.45) is 0 Å². The Kier molecular flexibility index (Phi) is 39.6. The number of nitrogen functional groups attached to an aromatic ring is 2. The number of carbonyl (C=O) groups excluding carboxylic acids is 2. The standard InChI is InChI=1S/C34H54N10.C23H39N9.C14H22ClN7.C11H15NO.C9H18N2.C7H5FO/c1-4-39-18-20-40(21-19-39)16-9-17-44-27-36-31-32(43-24-22-42(23-25-43)29-10-7-8-11-29)37-34(38-33(31)44)35-26-28-12-14-30(15-13-28)41(5-2)6-3;1-2-28-10-12-29(13-11-28)8-5-9-32-18-25-20-21(26-23(24)27-22(20)32)31-16-14-30(15-17-31)19-6-3-4-7-19;1-2-20-6-8-21(9-7-20)4-3-5-22-10-17-11-12(15)18-14(16)19-13(11)22;1-3-12(4-2)11-7-5-10(9-13)6-8-11;1-2-4-9(3-1)11-7-5-10-6-8-11;8-7-3-1-6(5-9)2-4-7/h12-15,27,29H,4-11,16-26H2,1-3H3,(H,35,37,38);18-19H,2-17H2,1H3,(H2,24,26,27);10H,2-9H2,1H3,(H2,16,18,19);5-9H,3-4H2,1-2H3;9-10H,1-8H2;1-5H. The predicted octanol–water partition coefficient (Wildman–Crippen LogP) is 11.8. The van der Waals surface area contributed by atoms with Crippen molar-refractivity contribution in [2.45, 2.75) is 189 Å². The van der Waals surface area contributed by atoms with Crippen LogP contribution in [0.2, 0.25) is 5.15 Å². The number of carbonyl (C=O) groups is 2. The third-order valence-corrected chi connectivity index (χ3v) is 28.5. The van der Waals surface area contributed by atoms with Crippen LogP contribution in [0.4, 0.5) is 45.2 Å². The first-order valence-corrected chi connectivity index (χ1v) is 50.2. The van der Waals surface area contributed by atoms with Crippen molar-refractivity contribution in [3.8, 4) is 0 Å². The van der Waals surface area contributed by atoms with Gasteiger partial charge >= 0.3 is 0 Å². The van der Waals surface area contributed by atoms with E-state index in [2.05, 4.69) is 181 Å². The zero-order valence-electron chi connectivity index (χ0n) is 79.9. The van der Waals surface area contributed by atoms with Gasteiger partial charge in [0.05, 0.1) is 19.0 Å². The van der Waals surface area contributed by atoms with E-state index in [0.29, 0.717) is 46.6 Å². The second kappa shape index (κ2) is 52.1. The van der Waals surface area contributed by atoms with Gasteiger partial charge in [0, 0.05) is 250 Å². The van der Waals surface area contributed by atoms with Crippen LogP contribution in [-0.4, -0.2) is 356 Å². The maximum absolute atomic E-state index is 12.1. The summed E-state index contributed by atoms with van der Waals surface area (Å²) in [5.74, 6) is 2.80. The lowest BCUT2D eigenvalue weighted by molar-refractivity contribution is 0.111. The van der Waals surface area contributed by atoms with Crippen LogP contribution >= 0.6 is 11.6 Å². The first-order valence-electron chi connectivity index (χ1n) is 49.8. The number of nitrogens with two attached hydrogens (primary N) is 2. The van der Waals surface area contributed by atoms with Gasteiger partial charge in [-0.1, -0.05) is 83.0 Å². The second-order valence-corrected chi connectivity index (χ2v) is 36.6. The Labute approximate surface area is 783 Å². The average Bonchev–Trinajstić information content (AvgIpc) is 1.67. The molecule has 6 aliphatic heterocycles. The topological polar surface area (TPSA) is 283 Å². The van der Waals surface area contributed by atoms with Crippen molar-refractivity contribution in [1.82, 2.24) is 108 Å². The fraction of sp³-hybridized carbons (Fsp3) is 0.643. The minimum atomic E-state index is -0.319. The SMILES string of the molecule is C1CCC(N2CCNCC2)C1.CCN(CC)c1ccc(C=O)cc1.CCN1CCN(CCCn2cnc3c(Cl)nc(N)nc32)CC1.CCN1CCN(CCCn2cnc3c(N4CCN(C5CCCC5)CC4)nc(N)nc32)CC1.CCN1CCN(CCCn2cnc3c(N4CCN(C5CCCC5)CC4)nc(NCc4ccc(N(CC)CC)cc4)nc32)CC1.O=Cc1ccc(F)cc1. The molecule has 0 radical (unpaired) electrons. The summed E-state index contributed by atoms with van der Waals surface area (Å²) in [6.45, 7) is 57.0. The number of piperazine rings is 6. The Morgan fingerprint density at radius 2 is 0.748 bits per heavy atom. The van der Waals surface area contributed by atoms with Crippen LogP contribution in [-0.2, 0) is 26.2 Å². The van der Waals surface area contributed by atoms with Gasteiger partial charge in [0.1, 0.15) is 23.9 Å². The molecular formula is C98H153ClFN29O2. The summed E-state index contributed by atoms with van der Waals surface area (Å²) in [5.41, 5.74) is 21.7. The third-order valence-electron chi connectivity index (χ3n) is 28.3. The van der Waals surface area contributed by atoms with Gasteiger partial charge in [0.25, 0.3) is 0 Å². The third kappa shape index (κ3) is 28.8. The van der Waals surface area contributed by atoms with E-state index in [1.165, 1.54) is 210 Å². The molecule has 3 aliphatic carbocycles. The summed E-state index contributed by atoms with van der Waals surface area (Å²) >= 11 is 6.04. The van der Waals surface area contributed by atoms with E-state index in [1.54, 1.807) is 6.33 Å². The molecule has 9 fully saturated rings. The number of rotatable bonds is 31. The van der Waals surface area contributed by atoms with E-state index in [-0.39, 0.29) is 11.8 Å². The van der Waals surface area contributed by atoms with Crippen molar-refractivity contribution < 1.29 is 14.0 Å². The zero-order valence-corrected chi connectivity index (χ0v) is 80.7. The molecule has 3 saturated carbocycles. The summed E-state index contributed by atoms with van der Waals surface area (Å²) in [4.78, 5) is 94.6. The van der Waals surface area contributed by atoms with Crippen LogP contribution < -0.4 is 41.7 Å². The van der Waals surface area contributed by atoms with Crippen molar-refractivity contribution in [3.05, 3.63) is 119 Å². The zero-order chi connectivity index (χ0) is 91.6. The smallest absolute Gasteiger partial charge is 0.227 e. The van der Waals surface area contributed by atoms with E-state index < -0.39 is 0 Å². The maximum Gasteiger partial charge on any atom is 0.227 e. The Bertz CT molecular complexity index is 4790. The molecule has 0 spiro atoms. The maximum atomic E-state index is 12.1. The van der Waals surface area contributed by atoms with Crippen LogP contribution in [0, 0.1) is 5.82 Å². The molecular weight excluding hydrogens is 1670 g/mol. The number of imidazole rings is 3. The van der Waals surface area contributed by atoms with Crippen molar-refractivity contribution in [3.63, 3.8) is 0 Å². The summed E-state index contributed by atoms with van der Waals surface area (Å²) in [7, 11) is 0. The lowest BCUT2D eigenvalue weighted by Gasteiger charge is -2.38. The Hall–Kier alpha value is -8.93. The minimum absolute atomic E-state index is 0.190. The highest BCUT2D eigenvalue weighted by atomic mass is 35.5. The van der Waals surface area contributed by atoms with Gasteiger partial charge in [-0.15, -0.1) is 0 Å². The Morgan fingerprint density at radius 3 is 1.14 bits per heavy atom. The average molecular weight is 1820 g/mol. The number of nitrogens with one attached hydrogen (secondary N) is 2. The summed E-state index contributed by atoms with van der Waals surface area (Å²) in [6.07, 6.45) is 27.3. The molecule has 0 atom stereocenters. The Morgan fingerprint density at radius 1 is 0.405 bits per heavy atom. The van der Waals surface area contributed by atoms with Crippen LogP contribution in [0.3, 0.4) is 0 Å².